The van der Waals surface area contributed by atoms with Crippen molar-refractivity contribution in [1.29, 1.82) is 0 Å². The maximum atomic E-state index is 13.6. The van der Waals surface area contributed by atoms with Gasteiger partial charge in [-0.05, 0) is 92.6 Å². The van der Waals surface area contributed by atoms with Crippen LogP contribution in [0, 0.1) is 6.92 Å². The van der Waals surface area contributed by atoms with Crippen LogP contribution < -0.4 is 21.3 Å². The highest BCUT2D eigenvalue weighted by Crippen LogP contribution is 2.35. The van der Waals surface area contributed by atoms with Gasteiger partial charge in [0.2, 0.25) is 5.91 Å². The van der Waals surface area contributed by atoms with E-state index in [1.165, 1.54) is 11.8 Å². The fourth-order valence-corrected chi connectivity index (χ4v) is 7.25. The fraction of sp³-hybridized carbons (Fsp3) is 0.125. The average molecular weight is 812 g/mol. The number of ether oxygens (including phenoxy) is 1. The molecule has 1 atom stereocenters. The van der Waals surface area contributed by atoms with E-state index in [-0.39, 0.29) is 27.7 Å². The second kappa shape index (κ2) is 18.3. The standard InChI is InChI=1S/C40H35BrN4O6S2/c1-4-51-40(50)33-24(2)34(38(49)42-29-14-9-6-10-15-29)53-39(33)45-35(46)25(3)52-31-17-11-16-30(23-31)43-37(48)32(22-26-18-20-28(41)21-19-26)44-36(47)27-12-7-5-8-13-27/h5-23,25H,4H2,1-3H3,(H,42,49)(H,43,48)(H,44,47)(H,45,46)/b32-22-. The Bertz CT molecular complexity index is 2160. The summed E-state index contributed by atoms with van der Waals surface area (Å²) in [6.07, 6.45) is 1.58. The van der Waals surface area contributed by atoms with Gasteiger partial charge in [0.15, 0.2) is 0 Å². The molecular weight excluding hydrogens is 776 g/mol. The number of thioether (sulfide) groups is 1. The van der Waals surface area contributed by atoms with Crippen molar-refractivity contribution in [1.82, 2.24) is 5.32 Å². The van der Waals surface area contributed by atoms with Gasteiger partial charge in [0.1, 0.15) is 10.7 Å². The monoisotopic (exact) mass is 810 g/mol. The molecule has 4 aromatic carbocycles. The number of hydrogen-bond donors (Lipinski definition) is 4. The summed E-state index contributed by atoms with van der Waals surface area (Å²) in [5.74, 6) is -2.45. The van der Waals surface area contributed by atoms with Crippen molar-refractivity contribution in [3.05, 3.63) is 146 Å². The SMILES string of the molecule is CCOC(=O)c1c(NC(=O)C(C)Sc2cccc(NC(=O)/C(=C/c3ccc(Br)cc3)NC(=O)c3ccccc3)c2)sc(C(=O)Nc2ccccc2)c1C. The van der Waals surface area contributed by atoms with Crippen LogP contribution in [0.4, 0.5) is 16.4 Å². The molecule has 5 aromatic rings. The lowest BCUT2D eigenvalue weighted by Gasteiger charge is -2.14. The van der Waals surface area contributed by atoms with Crippen LogP contribution in [-0.4, -0.2) is 41.5 Å². The molecule has 4 amide bonds. The van der Waals surface area contributed by atoms with E-state index in [1.807, 2.05) is 30.3 Å². The van der Waals surface area contributed by atoms with Crippen LogP contribution in [0.3, 0.4) is 0 Å². The highest BCUT2D eigenvalue weighted by Gasteiger charge is 2.28. The first-order valence-corrected chi connectivity index (χ1v) is 18.9. The Morgan fingerprint density at radius 1 is 0.811 bits per heavy atom. The lowest BCUT2D eigenvalue weighted by molar-refractivity contribution is -0.115. The Balaban J connectivity index is 1.30. The molecule has 13 heteroatoms. The normalized spacial score (nSPS) is 11.6. The lowest BCUT2D eigenvalue weighted by atomic mass is 10.1. The van der Waals surface area contributed by atoms with Gasteiger partial charge in [-0.2, -0.15) is 0 Å². The minimum Gasteiger partial charge on any atom is -0.462 e. The molecule has 0 spiro atoms. The van der Waals surface area contributed by atoms with E-state index in [0.29, 0.717) is 33.0 Å². The first kappa shape index (κ1) is 38.7. The third-order valence-corrected chi connectivity index (χ3v) is 10.4. The molecule has 0 saturated carbocycles. The highest BCUT2D eigenvalue weighted by molar-refractivity contribution is 9.10. The molecule has 270 valence electrons. The van der Waals surface area contributed by atoms with Gasteiger partial charge in [0, 0.05) is 26.3 Å². The van der Waals surface area contributed by atoms with Crippen LogP contribution in [0.1, 0.15) is 55.4 Å². The molecule has 1 aromatic heterocycles. The molecule has 5 rings (SSSR count). The first-order chi connectivity index (χ1) is 25.5. The van der Waals surface area contributed by atoms with Crippen molar-refractivity contribution in [2.45, 2.75) is 30.9 Å². The van der Waals surface area contributed by atoms with Gasteiger partial charge >= 0.3 is 5.97 Å². The van der Waals surface area contributed by atoms with Gasteiger partial charge < -0.3 is 26.0 Å². The van der Waals surface area contributed by atoms with Crippen molar-refractivity contribution in [3.8, 4) is 0 Å². The van der Waals surface area contributed by atoms with Gasteiger partial charge in [0.05, 0.1) is 22.3 Å². The summed E-state index contributed by atoms with van der Waals surface area (Å²) < 4.78 is 6.13. The van der Waals surface area contributed by atoms with Crippen LogP contribution >= 0.6 is 39.0 Å². The molecule has 4 N–H and O–H groups in total. The lowest BCUT2D eigenvalue weighted by Crippen LogP contribution is -2.30. The van der Waals surface area contributed by atoms with Crippen LogP contribution in [0.5, 0.6) is 0 Å². The molecule has 1 heterocycles. The number of esters is 1. The van der Waals surface area contributed by atoms with E-state index in [2.05, 4.69) is 37.2 Å². The van der Waals surface area contributed by atoms with E-state index in [1.54, 1.807) is 106 Å². The molecule has 1 unspecified atom stereocenters. The number of halogens is 1. The summed E-state index contributed by atoms with van der Waals surface area (Å²) in [6, 6.07) is 31.7. The van der Waals surface area contributed by atoms with Crippen LogP contribution in [0.25, 0.3) is 6.08 Å². The number of anilines is 3. The smallest absolute Gasteiger partial charge is 0.341 e. The number of carbonyl (C=O) groups is 5. The zero-order valence-electron chi connectivity index (χ0n) is 28.9. The Labute approximate surface area is 323 Å². The predicted octanol–water partition coefficient (Wildman–Crippen LogP) is 8.78. The molecule has 0 aliphatic rings. The van der Waals surface area contributed by atoms with Crippen LogP contribution in [0.15, 0.2) is 124 Å². The maximum Gasteiger partial charge on any atom is 0.341 e. The summed E-state index contributed by atoms with van der Waals surface area (Å²) in [5.41, 5.74) is 2.68. The van der Waals surface area contributed by atoms with Gasteiger partial charge in [-0.15, -0.1) is 23.1 Å². The summed E-state index contributed by atoms with van der Waals surface area (Å²) in [7, 11) is 0. The van der Waals surface area contributed by atoms with Crippen molar-refractivity contribution in [2.24, 2.45) is 0 Å². The molecular formula is C40H35BrN4O6S2. The van der Waals surface area contributed by atoms with Crippen molar-refractivity contribution in [3.63, 3.8) is 0 Å². The fourth-order valence-electron chi connectivity index (χ4n) is 4.96. The Morgan fingerprint density at radius 3 is 2.15 bits per heavy atom. The number of rotatable bonds is 13. The maximum absolute atomic E-state index is 13.6. The number of nitrogens with one attached hydrogen (secondary N) is 4. The molecule has 0 aliphatic carbocycles. The highest BCUT2D eigenvalue weighted by atomic mass is 79.9. The third kappa shape index (κ3) is 10.5. The molecule has 0 radical (unpaired) electrons. The van der Waals surface area contributed by atoms with E-state index < -0.39 is 34.8 Å². The Kier molecular flexibility index (Phi) is 13.4. The summed E-state index contributed by atoms with van der Waals surface area (Å²) in [6.45, 7) is 5.14. The molecule has 0 bridgehead atoms. The van der Waals surface area contributed by atoms with Crippen LogP contribution in [-0.2, 0) is 14.3 Å². The van der Waals surface area contributed by atoms with Crippen molar-refractivity contribution < 1.29 is 28.7 Å². The molecule has 0 saturated heterocycles. The second-order valence-electron chi connectivity index (χ2n) is 11.5. The minimum absolute atomic E-state index is 0.0347. The second-order valence-corrected chi connectivity index (χ2v) is 14.8. The van der Waals surface area contributed by atoms with E-state index in [4.69, 9.17) is 4.74 Å². The average Bonchev–Trinajstić information content (AvgIpc) is 3.48. The number of para-hydroxylation sites is 1. The van der Waals surface area contributed by atoms with Gasteiger partial charge in [-0.1, -0.05) is 70.5 Å². The first-order valence-electron chi connectivity index (χ1n) is 16.4. The Hall–Kier alpha value is -5.50. The van der Waals surface area contributed by atoms with Gasteiger partial charge in [-0.3, -0.25) is 19.2 Å². The molecule has 10 nitrogen and oxygen atoms in total. The number of benzene rings is 4. The van der Waals surface area contributed by atoms with Crippen LogP contribution in [0.2, 0.25) is 0 Å². The zero-order valence-corrected chi connectivity index (χ0v) is 32.1. The summed E-state index contributed by atoms with van der Waals surface area (Å²) in [5, 5.41) is 10.8. The largest absolute Gasteiger partial charge is 0.462 e. The molecule has 53 heavy (non-hydrogen) atoms. The third-order valence-electron chi connectivity index (χ3n) is 7.58. The molecule has 0 aliphatic heterocycles. The van der Waals surface area contributed by atoms with E-state index >= 15 is 0 Å². The molecule has 0 fully saturated rings. The Morgan fingerprint density at radius 2 is 1.47 bits per heavy atom. The van der Waals surface area contributed by atoms with Gasteiger partial charge in [-0.25, -0.2) is 4.79 Å². The quantitative estimate of drug-likeness (QED) is 0.0529. The van der Waals surface area contributed by atoms with E-state index in [9.17, 15) is 24.0 Å². The number of carbonyl (C=O) groups excluding carboxylic acids is 5. The minimum atomic E-state index is -0.655. The summed E-state index contributed by atoms with van der Waals surface area (Å²) >= 11 is 5.64. The number of thiophene rings is 1. The number of amides is 4. The zero-order chi connectivity index (χ0) is 37.9. The topological polar surface area (TPSA) is 143 Å². The van der Waals surface area contributed by atoms with Crippen molar-refractivity contribution >= 4 is 91.1 Å². The van der Waals surface area contributed by atoms with Crippen molar-refractivity contribution in [2.75, 3.05) is 22.6 Å². The summed E-state index contributed by atoms with van der Waals surface area (Å²) in [4.78, 5) is 67.2. The predicted molar refractivity (Wildman–Crippen MR) is 214 cm³/mol. The van der Waals surface area contributed by atoms with E-state index in [0.717, 1.165) is 15.8 Å². The number of hydrogen-bond acceptors (Lipinski definition) is 8. The van der Waals surface area contributed by atoms with Gasteiger partial charge in [0.25, 0.3) is 17.7 Å².